The van der Waals surface area contributed by atoms with Crippen molar-refractivity contribution in [3.05, 3.63) is 39.2 Å². The third kappa shape index (κ3) is 3.87. The standard InChI is InChI=1S/C19H23NO6/c1-5-6-14(18(22)23)20-16(21)9-13-10(2)12-7-8-15(25-4)11(3)17(12)26-19(13)24/h7-8,14H,5-6,9H2,1-4H3,(H,20,21)(H,22,23). The lowest BCUT2D eigenvalue weighted by atomic mass is 10.0. The van der Waals surface area contributed by atoms with Gasteiger partial charge in [-0.25, -0.2) is 9.59 Å². The quantitative estimate of drug-likeness (QED) is 0.733. The van der Waals surface area contributed by atoms with Gasteiger partial charge in [-0.15, -0.1) is 0 Å². The summed E-state index contributed by atoms with van der Waals surface area (Å²) >= 11 is 0. The second-order valence-electron chi connectivity index (χ2n) is 6.19. The molecule has 1 atom stereocenters. The molecule has 0 spiro atoms. The van der Waals surface area contributed by atoms with Crippen LogP contribution in [-0.4, -0.2) is 30.1 Å². The van der Waals surface area contributed by atoms with Crippen LogP contribution in [0.3, 0.4) is 0 Å². The van der Waals surface area contributed by atoms with Crippen molar-refractivity contribution in [3.8, 4) is 5.75 Å². The van der Waals surface area contributed by atoms with Crippen molar-refractivity contribution in [2.24, 2.45) is 0 Å². The van der Waals surface area contributed by atoms with Crippen LogP contribution in [0.4, 0.5) is 0 Å². The molecule has 0 aliphatic heterocycles. The Bertz CT molecular complexity index is 899. The molecule has 2 rings (SSSR count). The van der Waals surface area contributed by atoms with E-state index >= 15 is 0 Å². The monoisotopic (exact) mass is 361 g/mol. The van der Waals surface area contributed by atoms with Crippen LogP contribution in [0.2, 0.25) is 0 Å². The summed E-state index contributed by atoms with van der Waals surface area (Å²) in [6, 6.07) is 2.58. The molecule has 0 saturated heterocycles. The van der Waals surface area contributed by atoms with Crippen LogP contribution in [0.25, 0.3) is 11.0 Å². The van der Waals surface area contributed by atoms with Gasteiger partial charge in [0.1, 0.15) is 17.4 Å². The molecule has 140 valence electrons. The summed E-state index contributed by atoms with van der Waals surface area (Å²) in [5.41, 5.74) is 1.38. The van der Waals surface area contributed by atoms with Gasteiger partial charge in [0, 0.05) is 10.9 Å². The Morgan fingerprint density at radius 2 is 1.96 bits per heavy atom. The molecular formula is C19H23NO6. The van der Waals surface area contributed by atoms with Crippen molar-refractivity contribution in [3.63, 3.8) is 0 Å². The van der Waals surface area contributed by atoms with Gasteiger partial charge in [-0.05, 0) is 38.0 Å². The predicted molar refractivity (Wildman–Crippen MR) is 96.7 cm³/mol. The number of ether oxygens (including phenoxy) is 1. The SMILES string of the molecule is CCCC(NC(=O)Cc1c(C)c2ccc(OC)c(C)c2oc1=O)C(=O)O. The molecule has 0 bridgehead atoms. The highest BCUT2D eigenvalue weighted by Gasteiger charge is 2.22. The van der Waals surface area contributed by atoms with Gasteiger partial charge in [-0.3, -0.25) is 4.79 Å². The number of rotatable bonds is 7. The van der Waals surface area contributed by atoms with Crippen molar-refractivity contribution in [1.82, 2.24) is 5.32 Å². The average molecular weight is 361 g/mol. The Balaban J connectivity index is 2.37. The fraction of sp³-hybridized carbons (Fsp3) is 0.421. The molecule has 1 aromatic carbocycles. The Morgan fingerprint density at radius 3 is 2.54 bits per heavy atom. The lowest BCUT2D eigenvalue weighted by Gasteiger charge is -2.14. The topological polar surface area (TPSA) is 106 Å². The van der Waals surface area contributed by atoms with E-state index < -0.39 is 23.5 Å². The molecule has 0 aliphatic rings. The molecular weight excluding hydrogens is 338 g/mol. The first-order chi connectivity index (χ1) is 12.3. The number of aryl methyl sites for hydroxylation is 2. The van der Waals surface area contributed by atoms with Crippen LogP contribution in [-0.2, 0) is 16.0 Å². The van der Waals surface area contributed by atoms with Gasteiger partial charge in [-0.2, -0.15) is 0 Å². The van der Waals surface area contributed by atoms with Crippen molar-refractivity contribution < 1.29 is 23.8 Å². The van der Waals surface area contributed by atoms with Gasteiger partial charge >= 0.3 is 11.6 Å². The van der Waals surface area contributed by atoms with Crippen LogP contribution in [0.15, 0.2) is 21.3 Å². The highest BCUT2D eigenvalue weighted by molar-refractivity contribution is 5.88. The molecule has 1 unspecified atom stereocenters. The van der Waals surface area contributed by atoms with Gasteiger partial charge in [-0.1, -0.05) is 13.3 Å². The van der Waals surface area contributed by atoms with Gasteiger partial charge in [0.15, 0.2) is 0 Å². The predicted octanol–water partition coefficient (Wildman–Crippen LogP) is 2.33. The number of carboxylic acid groups (broad SMARTS) is 1. The molecule has 1 amide bonds. The maximum atomic E-state index is 12.4. The third-order valence-electron chi connectivity index (χ3n) is 4.42. The Kier molecular flexibility index (Phi) is 6.02. The van der Waals surface area contributed by atoms with Crippen LogP contribution in [0.5, 0.6) is 5.75 Å². The van der Waals surface area contributed by atoms with E-state index in [0.29, 0.717) is 40.7 Å². The van der Waals surface area contributed by atoms with E-state index in [1.807, 2.05) is 6.92 Å². The van der Waals surface area contributed by atoms with E-state index in [2.05, 4.69) is 5.32 Å². The number of carboxylic acids is 1. The van der Waals surface area contributed by atoms with Crippen molar-refractivity contribution in [1.29, 1.82) is 0 Å². The summed E-state index contributed by atoms with van der Waals surface area (Å²) in [6.07, 6.45) is 0.712. The minimum Gasteiger partial charge on any atom is -0.496 e. The van der Waals surface area contributed by atoms with Crippen molar-refractivity contribution in [2.45, 2.75) is 46.1 Å². The zero-order chi connectivity index (χ0) is 19.4. The fourth-order valence-electron chi connectivity index (χ4n) is 2.95. The van der Waals surface area contributed by atoms with Gasteiger partial charge in [0.2, 0.25) is 5.91 Å². The zero-order valence-electron chi connectivity index (χ0n) is 15.3. The van der Waals surface area contributed by atoms with Gasteiger partial charge < -0.3 is 19.6 Å². The molecule has 1 aromatic heterocycles. The number of fused-ring (bicyclic) bond motifs is 1. The molecule has 2 aromatic rings. The van der Waals surface area contributed by atoms with Crippen LogP contribution < -0.4 is 15.7 Å². The normalized spacial score (nSPS) is 12.0. The molecule has 0 aliphatic carbocycles. The first kappa shape index (κ1) is 19.5. The second kappa shape index (κ2) is 8.03. The van der Waals surface area contributed by atoms with E-state index in [9.17, 15) is 14.4 Å². The minimum atomic E-state index is -1.09. The summed E-state index contributed by atoms with van der Waals surface area (Å²) < 4.78 is 10.7. The Hall–Kier alpha value is -2.83. The molecule has 1 heterocycles. The molecule has 7 heteroatoms. The summed E-state index contributed by atoms with van der Waals surface area (Å²) in [7, 11) is 1.53. The van der Waals surface area contributed by atoms with Crippen LogP contribution >= 0.6 is 0 Å². The summed E-state index contributed by atoms with van der Waals surface area (Å²) in [4.78, 5) is 35.8. The molecule has 0 saturated carbocycles. The van der Waals surface area contributed by atoms with Gasteiger partial charge in [0.05, 0.1) is 19.1 Å². The maximum Gasteiger partial charge on any atom is 0.340 e. The van der Waals surface area contributed by atoms with Crippen molar-refractivity contribution >= 4 is 22.8 Å². The smallest absolute Gasteiger partial charge is 0.340 e. The number of hydrogen-bond donors (Lipinski definition) is 2. The lowest BCUT2D eigenvalue weighted by molar-refractivity contribution is -0.141. The highest BCUT2D eigenvalue weighted by Crippen LogP contribution is 2.29. The number of amides is 1. The Morgan fingerprint density at radius 1 is 1.27 bits per heavy atom. The number of carbonyl (C=O) groups excluding carboxylic acids is 1. The largest absolute Gasteiger partial charge is 0.496 e. The lowest BCUT2D eigenvalue weighted by Crippen LogP contribution is -2.41. The number of carbonyl (C=O) groups is 2. The van der Waals surface area contributed by atoms with E-state index in [1.54, 1.807) is 26.0 Å². The zero-order valence-corrected chi connectivity index (χ0v) is 15.3. The number of hydrogen-bond acceptors (Lipinski definition) is 5. The van der Waals surface area contributed by atoms with E-state index in [4.69, 9.17) is 14.3 Å². The first-order valence-electron chi connectivity index (χ1n) is 8.42. The molecule has 7 nitrogen and oxygen atoms in total. The number of aliphatic carboxylic acids is 1. The number of benzene rings is 1. The van der Waals surface area contributed by atoms with E-state index in [-0.39, 0.29) is 12.0 Å². The maximum absolute atomic E-state index is 12.4. The molecule has 26 heavy (non-hydrogen) atoms. The molecule has 2 N–H and O–H groups in total. The summed E-state index contributed by atoms with van der Waals surface area (Å²) in [5.74, 6) is -1.01. The molecule has 0 fully saturated rings. The number of nitrogens with one attached hydrogen (secondary N) is 1. The highest BCUT2D eigenvalue weighted by atomic mass is 16.5. The first-order valence-corrected chi connectivity index (χ1v) is 8.42. The number of methoxy groups -OCH3 is 1. The fourth-order valence-corrected chi connectivity index (χ4v) is 2.95. The second-order valence-corrected chi connectivity index (χ2v) is 6.19. The minimum absolute atomic E-state index is 0.222. The summed E-state index contributed by atoms with van der Waals surface area (Å²) in [6.45, 7) is 5.37. The van der Waals surface area contributed by atoms with Crippen LogP contribution in [0, 0.1) is 13.8 Å². The molecule has 0 radical (unpaired) electrons. The van der Waals surface area contributed by atoms with Crippen molar-refractivity contribution in [2.75, 3.05) is 7.11 Å². The van der Waals surface area contributed by atoms with E-state index in [0.717, 1.165) is 0 Å². The van der Waals surface area contributed by atoms with Gasteiger partial charge in [0.25, 0.3) is 0 Å². The Labute approximate surface area is 151 Å². The summed E-state index contributed by atoms with van der Waals surface area (Å²) in [5, 5.41) is 12.3. The average Bonchev–Trinajstić information content (AvgIpc) is 2.59. The third-order valence-corrected chi connectivity index (χ3v) is 4.42. The van der Waals surface area contributed by atoms with Crippen LogP contribution in [0.1, 0.15) is 36.5 Å². The van der Waals surface area contributed by atoms with E-state index in [1.165, 1.54) is 7.11 Å².